The zero-order valence-corrected chi connectivity index (χ0v) is 16.6. The Morgan fingerprint density at radius 3 is 2.68 bits per heavy atom. The highest BCUT2D eigenvalue weighted by molar-refractivity contribution is 5.94. The van der Waals surface area contributed by atoms with Crippen LogP contribution in [0.5, 0.6) is 0 Å². The normalized spacial score (nSPS) is 10.6. The third kappa shape index (κ3) is 7.36. The van der Waals surface area contributed by atoms with Gasteiger partial charge in [-0.05, 0) is 35.7 Å². The van der Waals surface area contributed by atoms with Crippen LogP contribution in [0.2, 0.25) is 0 Å². The average Bonchev–Trinajstić information content (AvgIpc) is 2.66. The van der Waals surface area contributed by atoms with Crippen molar-refractivity contribution in [2.45, 2.75) is 26.8 Å². The highest BCUT2D eigenvalue weighted by Gasteiger charge is 2.07. The van der Waals surface area contributed by atoms with Crippen molar-refractivity contribution in [2.24, 2.45) is 5.92 Å². The van der Waals surface area contributed by atoms with E-state index >= 15 is 0 Å². The molecular formula is C21H28N4O3. The van der Waals surface area contributed by atoms with Crippen molar-refractivity contribution in [2.75, 3.05) is 30.9 Å². The van der Waals surface area contributed by atoms with Crippen LogP contribution < -0.4 is 16.0 Å². The van der Waals surface area contributed by atoms with E-state index in [1.165, 1.54) is 6.20 Å². The molecule has 0 aliphatic carbocycles. The molecule has 1 heterocycles. The average molecular weight is 384 g/mol. The fraction of sp³-hybridized carbons (Fsp3) is 0.381. The summed E-state index contributed by atoms with van der Waals surface area (Å²) in [5.74, 6) is 0.825. The van der Waals surface area contributed by atoms with Gasteiger partial charge in [0, 0.05) is 38.5 Å². The summed E-state index contributed by atoms with van der Waals surface area (Å²) in [6.45, 7) is 5.51. The zero-order chi connectivity index (χ0) is 20.4. The molecule has 3 N–H and O–H groups in total. The number of aromatic nitrogens is 1. The second-order valence-electron chi connectivity index (χ2n) is 6.88. The summed E-state index contributed by atoms with van der Waals surface area (Å²) >= 11 is 0. The number of anilines is 2. The van der Waals surface area contributed by atoms with E-state index in [9.17, 15) is 9.59 Å². The molecule has 28 heavy (non-hydrogen) atoms. The van der Waals surface area contributed by atoms with Crippen molar-refractivity contribution in [3.05, 3.63) is 53.7 Å². The first-order valence-electron chi connectivity index (χ1n) is 9.33. The third-order valence-electron chi connectivity index (χ3n) is 3.90. The molecule has 0 aliphatic heterocycles. The number of ether oxygens (including phenoxy) is 1. The molecule has 2 aromatic rings. The molecule has 0 saturated carbocycles. The van der Waals surface area contributed by atoms with Gasteiger partial charge >= 0.3 is 0 Å². The van der Waals surface area contributed by atoms with Gasteiger partial charge < -0.3 is 20.7 Å². The van der Waals surface area contributed by atoms with Gasteiger partial charge in [-0.3, -0.25) is 9.59 Å². The van der Waals surface area contributed by atoms with Gasteiger partial charge in [-0.1, -0.05) is 26.0 Å². The number of hydrogen-bond acceptors (Lipinski definition) is 5. The van der Waals surface area contributed by atoms with Crippen LogP contribution in [0, 0.1) is 5.92 Å². The molecule has 0 unspecified atom stereocenters. The minimum Gasteiger partial charge on any atom is -0.383 e. The van der Waals surface area contributed by atoms with E-state index < -0.39 is 0 Å². The van der Waals surface area contributed by atoms with Gasteiger partial charge in [0.1, 0.15) is 5.82 Å². The monoisotopic (exact) mass is 384 g/mol. The molecule has 0 saturated heterocycles. The number of nitrogens with zero attached hydrogens (tertiary/aromatic N) is 1. The van der Waals surface area contributed by atoms with E-state index in [2.05, 4.69) is 20.9 Å². The van der Waals surface area contributed by atoms with E-state index in [1.54, 1.807) is 19.2 Å². The van der Waals surface area contributed by atoms with Crippen molar-refractivity contribution < 1.29 is 14.3 Å². The second kappa shape index (κ2) is 11.0. The van der Waals surface area contributed by atoms with E-state index in [1.807, 2.05) is 38.1 Å². The predicted octanol–water partition coefficient (Wildman–Crippen LogP) is 3.05. The van der Waals surface area contributed by atoms with Gasteiger partial charge in [-0.15, -0.1) is 0 Å². The van der Waals surface area contributed by atoms with Gasteiger partial charge in [0.15, 0.2) is 0 Å². The lowest BCUT2D eigenvalue weighted by molar-refractivity contribution is -0.116. The molecule has 0 atom stereocenters. The lowest BCUT2D eigenvalue weighted by Gasteiger charge is -2.10. The molecule has 2 rings (SSSR count). The standard InChI is InChI=1S/C21H28N4O3/c1-15(2)11-20(26)25-18-6-4-5-16(12-18)13-23-19-8-7-17(14-24-19)21(27)22-9-10-28-3/h4-8,12,14-15H,9-11,13H2,1-3H3,(H,22,27)(H,23,24)(H,25,26). The Morgan fingerprint density at radius 2 is 2.00 bits per heavy atom. The van der Waals surface area contributed by atoms with Crippen molar-refractivity contribution in [1.82, 2.24) is 10.3 Å². The molecule has 1 aromatic carbocycles. The van der Waals surface area contributed by atoms with Gasteiger partial charge in [0.05, 0.1) is 12.2 Å². The Balaban J connectivity index is 1.87. The summed E-state index contributed by atoms with van der Waals surface area (Å²) in [5.41, 5.74) is 2.29. The smallest absolute Gasteiger partial charge is 0.252 e. The highest BCUT2D eigenvalue weighted by Crippen LogP contribution is 2.14. The summed E-state index contributed by atoms with van der Waals surface area (Å²) < 4.78 is 4.90. The van der Waals surface area contributed by atoms with E-state index in [0.29, 0.717) is 43.4 Å². The van der Waals surface area contributed by atoms with E-state index in [4.69, 9.17) is 4.74 Å². The van der Waals surface area contributed by atoms with Gasteiger partial charge in [0.25, 0.3) is 5.91 Å². The summed E-state index contributed by atoms with van der Waals surface area (Å²) in [6.07, 6.45) is 2.03. The predicted molar refractivity (Wildman–Crippen MR) is 110 cm³/mol. The van der Waals surface area contributed by atoms with Crippen LogP contribution in [0.1, 0.15) is 36.2 Å². The number of carbonyl (C=O) groups excluding carboxylic acids is 2. The summed E-state index contributed by atoms with van der Waals surface area (Å²) in [4.78, 5) is 28.1. The molecule has 150 valence electrons. The van der Waals surface area contributed by atoms with Crippen LogP contribution in [0.15, 0.2) is 42.6 Å². The van der Waals surface area contributed by atoms with Gasteiger partial charge in [-0.25, -0.2) is 4.98 Å². The molecule has 1 aromatic heterocycles. The topological polar surface area (TPSA) is 92.4 Å². The summed E-state index contributed by atoms with van der Waals surface area (Å²) in [7, 11) is 1.59. The molecule has 0 radical (unpaired) electrons. The van der Waals surface area contributed by atoms with Crippen LogP contribution in [0.4, 0.5) is 11.5 Å². The van der Waals surface area contributed by atoms with Crippen molar-refractivity contribution in [3.63, 3.8) is 0 Å². The minimum atomic E-state index is -0.180. The minimum absolute atomic E-state index is 0.0149. The van der Waals surface area contributed by atoms with Gasteiger partial charge in [-0.2, -0.15) is 0 Å². The number of nitrogens with one attached hydrogen (secondary N) is 3. The van der Waals surface area contributed by atoms with Gasteiger partial charge in [0.2, 0.25) is 5.91 Å². The van der Waals surface area contributed by atoms with Crippen molar-refractivity contribution >= 4 is 23.3 Å². The lowest BCUT2D eigenvalue weighted by Crippen LogP contribution is -2.27. The number of hydrogen-bond donors (Lipinski definition) is 3. The highest BCUT2D eigenvalue weighted by atomic mass is 16.5. The van der Waals surface area contributed by atoms with Crippen LogP contribution in [-0.4, -0.2) is 37.1 Å². The zero-order valence-electron chi connectivity index (χ0n) is 16.6. The quantitative estimate of drug-likeness (QED) is 0.548. The molecule has 0 bridgehead atoms. The third-order valence-corrected chi connectivity index (χ3v) is 3.90. The van der Waals surface area contributed by atoms with Crippen LogP contribution in [-0.2, 0) is 16.1 Å². The molecular weight excluding hydrogens is 356 g/mol. The summed E-state index contributed by atoms with van der Waals surface area (Å²) in [5, 5.41) is 8.89. The Kier molecular flexibility index (Phi) is 8.42. The number of rotatable bonds is 10. The molecule has 0 aliphatic rings. The lowest BCUT2D eigenvalue weighted by atomic mass is 10.1. The number of methoxy groups -OCH3 is 1. The maximum Gasteiger partial charge on any atom is 0.252 e. The molecule has 7 nitrogen and oxygen atoms in total. The Hall–Kier alpha value is -2.93. The Labute approximate surface area is 165 Å². The fourth-order valence-corrected chi connectivity index (χ4v) is 2.54. The molecule has 0 spiro atoms. The molecule has 2 amide bonds. The van der Waals surface area contributed by atoms with Crippen LogP contribution in [0.25, 0.3) is 0 Å². The Morgan fingerprint density at radius 1 is 1.18 bits per heavy atom. The van der Waals surface area contributed by atoms with Crippen LogP contribution >= 0.6 is 0 Å². The summed E-state index contributed by atoms with van der Waals surface area (Å²) in [6, 6.07) is 11.2. The number of benzene rings is 1. The fourth-order valence-electron chi connectivity index (χ4n) is 2.54. The van der Waals surface area contributed by atoms with Crippen molar-refractivity contribution in [1.29, 1.82) is 0 Å². The Bertz CT molecular complexity index is 775. The van der Waals surface area contributed by atoms with Crippen LogP contribution in [0.3, 0.4) is 0 Å². The van der Waals surface area contributed by atoms with E-state index in [0.717, 1.165) is 11.3 Å². The number of pyridine rings is 1. The second-order valence-corrected chi connectivity index (χ2v) is 6.88. The molecule has 7 heteroatoms. The maximum absolute atomic E-state index is 11.9. The number of amides is 2. The largest absolute Gasteiger partial charge is 0.383 e. The first-order chi connectivity index (χ1) is 13.5. The van der Waals surface area contributed by atoms with Crippen molar-refractivity contribution in [3.8, 4) is 0 Å². The maximum atomic E-state index is 11.9. The van der Waals surface area contributed by atoms with E-state index in [-0.39, 0.29) is 11.8 Å². The SMILES string of the molecule is COCCNC(=O)c1ccc(NCc2cccc(NC(=O)CC(C)C)c2)nc1. The first-order valence-corrected chi connectivity index (χ1v) is 9.33. The first kappa shape index (κ1) is 21.4. The molecule has 0 fully saturated rings. The number of carbonyl (C=O) groups is 2.